The van der Waals surface area contributed by atoms with E-state index < -0.39 is 23.5 Å². The molecule has 2 heterocycles. The van der Waals surface area contributed by atoms with Crippen LogP contribution in [0.25, 0.3) is 34.1 Å². The molecule has 128 valence electrons. The van der Waals surface area contributed by atoms with Crippen molar-refractivity contribution in [1.82, 2.24) is 9.13 Å². The Hall–Kier alpha value is -2.58. The van der Waals surface area contributed by atoms with Crippen LogP contribution < -0.4 is 10.4 Å². The molecule has 2 aromatic heterocycles. The van der Waals surface area contributed by atoms with E-state index >= 15 is 0 Å². The maximum absolute atomic E-state index is 10.3. The molecule has 10 heteroatoms. The van der Waals surface area contributed by atoms with Crippen LogP contribution in [0.2, 0.25) is 0 Å². The predicted molar refractivity (Wildman–Crippen MR) is 89.2 cm³/mol. The maximum atomic E-state index is 10.3. The van der Waals surface area contributed by atoms with Gasteiger partial charge in [-0.3, -0.25) is 9.13 Å². The van der Waals surface area contributed by atoms with Crippen LogP contribution in [0.5, 0.6) is 23.5 Å². The van der Waals surface area contributed by atoms with Crippen molar-refractivity contribution >= 4 is 57.3 Å². The summed E-state index contributed by atoms with van der Waals surface area (Å²) in [6.45, 7) is 0. The summed E-state index contributed by atoms with van der Waals surface area (Å²) in [6, 6.07) is -0.627. The molecule has 6 N–H and O–H groups in total. The van der Waals surface area contributed by atoms with Gasteiger partial charge in [-0.2, -0.15) is 0 Å². The van der Waals surface area contributed by atoms with Crippen molar-refractivity contribution in [3.63, 3.8) is 0 Å². The molecule has 0 amide bonds. The summed E-state index contributed by atoms with van der Waals surface area (Å²) in [7, 11) is 0. The Morgan fingerprint density at radius 3 is 1.04 bits per heavy atom. The smallest absolute Gasteiger partial charge is 0.203 e. The van der Waals surface area contributed by atoms with E-state index in [2.05, 4.69) is 0 Å². The number of fused-ring (bicyclic) bond motifs is 2. The van der Waals surface area contributed by atoms with E-state index in [-0.39, 0.29) is 44.0 Å². The van der Waals surface area contributed by atoms with Crippen molar-refractivity contribution in [3.8, 4) is 23.5 Å². The Kier molecular flexibility index (Phi) is 3.73. The van der Waals surface area contributed by atoms with Crippen LogP contribution in [0.3, 0.4) is 0 Å². The highest BCUT2D eigenvalue weighted by molar-refractivity contribution is 6.17. The van der Waals surface area contributed by atoms with E-state index in [9.17, 15) is 30.6 Å². The largest absolute Gasteiger partial charge is 0.515 e. The van der Waals surface area contributed by atoms with Crippen LogP contribution in [0.1, 0.15) is 0 Å². The number of aromatic nitrogens is 2. The van der Waals surface area contributed by atoms with Crippen molar-refractivity contribution < 1.29 is 30.6 Å². The van der Waals surface area contributed by atoms with Gasteiger partial charge >= 0.3 is 0 Å². The minimum absolute atomic E-state index is 0.0644. The van der Waals surface area contributed by atoms with Gasteiger partial charge < -0.3 is 30.6 Å². The van der Waals surface area contributed by atoms with Crippen LogP contribution in [-0.4, -0.2) is 39.8 Å². The minimum Gasteiger partial charge on any atom is -0.515 e. The Balaban J connectivity index is 2.85. The molecule has 0 aliphatic carbocycles. The van der Waals surface area contributed by atoms with Gasteiger partial charge in [0.25, 0.3) is 0 Å². The molecule has 0 bridgehead atoms. The number of hydrogen-bond acceptors (Lipinski definition) is 6. The Bertz CT molecular complexity index is 941. The van der Waals surface area contributed by atoms with Crippen LogP contribution >= 0.6 is 23.2 Å². The van der Waals surface area contributed by atoms with E-state index in [0.29, 0.717) is 12.5 Å². The van der Waals surface area contributed by atoms with E-state index in [1.807, 2.05) is 0 Å². The fraction of sp³-hybridized carbons (Fsp3) is 0.143. The predicted octanol–water partition coefficient (Wildman–Crippen LogP) is 1.40. The average Bonchev–Trinajstić information content (AvgIpc) is 2.97. The molecule has 1 aromatic carbocycles. The van der Waals surface area contributed by atoms with Crippen LogP contribution in [-0.2, 0) is 12.0 Å². The van der Waals surface area contributed by atoms with Gasteiger partial charge in [-0.05, 0) is 0 Å². The molecule has 0 spiro atoms. The van der Waals surface area contributed by atoms with E-state index in [4.69, 9.17) is 23.2 Å². The third-order valence-corrected chi connectivity index (χ3v) is 4.47. The molecule has 0 fully saturated rings. The molecule has 0 saturated heterocycles. The Morgan fingerprint density at radius 1 is 0.625 bits per heavy atom. The normalized spacial score (nSPS) is 11.4. The second-order valence-electron chi connectivity index (χ2n) is 4.98. The summed E-state index contributed by atoms with van der Waals surface area (Å²) >= 11 is 11.4. The van der Waals surface area contributed by atoms with Gasteiger partial charge in [-0.25, -0.2) is 0 Å². The fourth-order valence-electron chi connectivity index (χ4n) is 2.94. The van der Waals surface area contributed by atoms with E-state index in [0.717, 1.165) is 9.13 Å². The zero-order chi connectivity index (χ0) is 17.8. The first-order valence-corrected chi connectivity index (χ1v) is 7.62. The third-order valence-electron chi connectivity index (χ3n) is 3.99. The zero-order valence-corrected chi connectivity index (χ0v) is 13.4. The lowest BCUT2D eigenvalue weighted by molar-refractivity contribution is 0.387. The standard InChI is InChI=1S/C14H12Cl2N2O6/c15-3-17-11(21)7-5(1-19)8-10(6(2-20)9(7)13(17)23)14(24)18(4-16)12(8)22/h1-2,19-24H,3-4H2. The van der Waals surface area contributed by atoms with Crippen LogP contribution in [0.15, 0.2) is 0 Å². The fourth-order valence-corrected chi connectivity index (χ4v) is 3.40. The molecule has 0 unspecified atom stereocenters. The van der Waals surface area contributed by atoms with Crippen molar-refractivity contribution in [3.05, 3.63) is 10.4 Å². The highest BCUT2D eigenvalue weighted by Crippen LogP contribution is 2.39. The number of halogens is 2. The quantitative estimate of drug-likeness (QED) is 0.376. The van der Waals surface area contributed by atoms with Crippen LogP contribution in [0.4, 0.5) is 0 Å². The molecule has 3 aromatic rings. The summed E-state index contributed by atoms with van der Waals surface area (Å²) in [5, 5.41) is 60.0. The first kappa shape index (κ1) is 16.3. The highest BCUT2D eigenvalue weighted by atomic mass is 35.5. The van der Waals surface area contributed by atoms with Crippen molar-refractivity contribution in [2.45, 2.75) is 12.0 Å². The molecule has 8 nitrogen and oxygen atoms in total. The molecule has 3 rings (SSSR count). The maximum Gasteiger partial charge on any atom is 0.203 e. The molecule has 0 aliphatic rings. The number of hydrogen-bond donors (Lipinski definition) is 6. The molecule has 0 radical (unpaired) electrons. The molecule has 0 atom stereocenters. The number of benzene rings is 1. The summed E-state index contributed by atoms with van der Waals surface area (Å²) < 4.78 is 1.85. The van der Waals surface area contributed by atoms with Crippen molar-refractivity contribution in [1.29, 1.82) is 0 Å². The summed E-state index contributed by atoms with van der Waals surface area (Å²) in [5.74, 6) is -1.94. The molecule has 0 saturated carbocycles. The van der Waals surface area contributed by atoms with Crippen LogP contribution in [0, 0.1) is 0 Å². The molecule has 24 heavy (non-hydrogen) atoms. The first-order chi connectivity index (χ1) is 11.4. The Morgan fingerprint density at radius 2 is 0.875 bits per heavy atom. The molecular formula is C14H12Cl2N2O6. The van der Waals surface area contributed by atoms with E-state index in [1.165, 1.54) is 0 Å². The number of rotatable bonds is 2. The van der Waals surface area contributed by atoms with Gasteiger partial charge in [0.2, 0.25) is 23.5 Å². The third kappa shape index (κ3) is 1.75. The number of aliphatic hydroxyl groups excluding tert-OH is 2. The second-order valence-corrected chi connectivity index (χ2v) is 5.45. The van der Waals surface area contributed by atoms with E-state index in [1.54, 1.807) is 0 Å². The van der Waals surface area contributed by atoms with Gasteiger partial charge in [-0.15, -0.1) is 23.2 Å². The van der Waals surface area contributed by atoms with Gasteiger partial charge in [0.05, 0.1) is 34.1 Å². The number of alkyl halides is 2. The number of aliphatic hydroxyl groups is 2. The summed E-state index contributed by atoms with van der Waals surface area (Å²) in [4.78, 5) is 0. The average molecular weight is 375 g/mol. The molecular weight excluding hydrogens is 363 g/mol. The SMILES string of the molecule is OC=c1c2c(O)n(CCl)c(O)c2c(=CO)c2c(O)n(CCl)c(O)c12. The topological polar surface area (TPSA) is 131 Å². The number of nitrogens with zero attached hydrogens (tertiary/aromatic N) is 2. The number of aromatic hydroxyl groups is 4. The lowest BCUT2D eigenvalue weighted by Gasteiger charge is -2.00. The Labute approximate surface area is 143 Å². The lowest BCUT2D eigenvalue weighted by Crippen LogP contribution is -2.12. The van der Waals surface area contributed by atoms with Gasteiger partial charge in [0.15, 0.2) is 0 Å². The first-order valence-electron chi connectivity index (χ1n) is 6.55. The monoisotopic (exact) mass is 374 g/mol. The van der Waals surface area contributed by atoms with Gasteiger partial charge in [-0.1, -0.05) is 0 Å². The van der Waals surface area contributed by atoms with Gasteiger partial charge in [0, 0.05) is 10.4 Å². The molecule has 0 aliphatic heterocycles. The van der Waals surface area contributed by atoms with Crippen molar-refractivity contribution in [2.75, 3.05) is 0 Å². The summed E-state index contributed by atoms with van der Waals surface area (Å²) in [6.07, 6.45) is 1.20. The zero-order valence-electron chi connectivity index (χ0n) is 11.9. The summed E-state index contributed by atoms with van der Waals surface area (Å²) in [5.41, 5.74) is 0. The van der Waals surface area contributed by atoms with Crippen molar-refractivity contribution in [2.24, 2.45) is 0 Å². The van der Waals surface area contributed by atoms with Gasteiger partial charge in [0.1, 0.15) is 12.0 Å². The highest BCUT2D eigenvalue weighted by Gasteiger charge is 2.26. The second kappa shape index (κ2) is 5.50. The minimum atomic E-state index is -0.486. The lowest BCUT2D eigenvalue weighted by atomic mass is 10.0.